The van der Waals surface area contributed by atoms with Gasteiger partial charge in [0.1, 0.15) is 0 Å². The Kier molecular flexibility index (Phi) is 7.90. The Balaban J connectivity index is 1.67. The van der Waals surface area contributed by atoms with Crippen LogP contribution in [0.1, 0.15) is 54.1 Å². The molecular formula is C26H33N3O4S2. The van der Waals surface area contributed by atoms with Crippen LogP contribution in [0.3, 0.4) is 0 Å². The van der Waals surface area contributed by atoms with Gasteiger partial charge in [0, 0.05) is 31.8 Å². The number of amides is 1. The molecule has 0 bridgehead atoms. The number of aryl methyl sites for hydroxylation is 2. The minimum Gasteiger partial charge on any atom is -0.383 e. The third-order valence-electron chi connectivity index (χ3n) is 6.58. The molecule has 3 aromatic rings. The summed E-state index contributed by atoms with van der Waals surface area (Å²) in [6.45, 7) is 7.76. The molecule has 0 aliphatic carbocycles. The first-order valence-corrected chi connectivity index (χ1v) is 14.3. The van der Waals surface area contributed by atoms with Gasteiger partial charge in [0.25, 0.3) is 5.91 Å². The van der Waals surface area contributed by atoms with Crippen molar-refractivity contribution < 1.29 is 17.9 Å². The summed E-state index contributed by atoms with van der Waals surface area (Å²) in [7, 11) is -1.94. The second-order valence-electron chi connectivity index (χ2n) is 9.07. The molecule has 188 valence electrons. The molecular weight excluding hydrogens is 482 g/mol. The highest BCUT2D eigenvalue weighted by Crippen LogP contribution is 2.27. The molecule has 1 fully saturated rings. The van der Waals surface area contributed by atoms with Crippen LogP contribution in [0.2, 0.25) is 0 Å². The smallest absolute Gasteiger partial charge is 0.279 e. The van der Waals surface area contributed by atoms with Crippen molar-refractivity contribution in [1.29, 1.82) is 0 Å². The summed E-state index contributed by atoms with van der Waals surface area (Å²) in [5.41, 5.74) is 3.68. The zero-order valence-electron chi connectivity index (χ0n) is 20.8. The molecule has 1 aliphatic rings. The van der Waals surface area contributed by atoms with E-state index in [0.717, 1.165) is 47.0 Å². The fraction of sp³-hybridized carbons (Fsp3) is 0.462. The van der Waals surface area contributed by atoms with Crippen molar-refractivity contribution in [3.05, 3.63) is 57.9 Å². The van der Waals surface area contributed by atoms with E-state index in [2.05, 4.69) is 31.0 Å². The minimum absolute atomic E-state index is 0.0349. The Labute approximate surface area is 211 Å². The summed E-state index contributed by atoms with van der Waals surface area (Å²) in [6, 6.07) is 10.4. The Morgan fingerprint density at radius 2 is 1.91 bits per heavy atom. The van der Waals surface area contributed by atoms with E-state index in [1.165, 1.54) is 23.5 Å². The molecule has 9 heteroatoms. The molecule has 1 atom stereocenters. The fourth-order valence-corrected chi connectivity index (χ4v) is 7.62. The van der Waals surface area contributed by atoms with E-state index < -0.39 is 15.9 Å². The molecule has 1 unspecified atom stereocenters. The number of aromatic nitrogens is 1. The van der Waals surface area contributed by atoms with Crippen LogP contribution in [0.25, 0.3) is 10.2 Å². The van der Waals surface area contributed by atoms with E-state index in [4.69, 9.17) is 4.74 Å². The standard InChI is InChI=1S/C26H33N3O4S2/c1-5-21-8-6-7-13-29(21)35(31,32)22-11-9-20(10-12-22)25(30)27-26-28(14-15-33-4)23-17-18(2)16-19(3)24(23)34-26/h9-12,16-17,21H,5-8,13-15H2,1-4H3. The second kappa shape index (κ2) is 10.7. The number of rotatable bonds is 7. The molecule has 0 N–H and O–H groups in total. The lowest BCUT2D eigenvalue weighted by atomic mass is 10.0. The maximum atomic E-state index is 13.2. The van der Waals surface area contributed by atoms with Gasteiger partial charge in [-0.05, 0) is 74.6 Å². The minimum atomic E-state index is -3.59. The van der Waals surface area contributed by atoms with Crippen LogP contribution in [0, 0.1) is 13.8 Å². The fourth-order valence-electron chi connectivity index (χ4n) is 4.75. The zero-order chi connectivity index (χ0) is 25.2. The zero-order valence-corrected chi connectivity index (χ0v) is 22.4. The normalized spacial score (nSPS) is 17.8. The summed E-state index contributed by atoms with van der Waals surface area (Å²) in [6.07, 6.45) is 3.62. The van der Waals surface area contributed by atoms with Gasteiger partial charge >= 0.3 is 0 Å². The van der Waals surface area contributed by atoms with E-state index >= 15 is 0 Å². The molecule has 1 amide bonds. The number of ether oxygens (including phenoxy) is 1. The van der Waals surface area contributed by atoms with Crippen molar-refractivity contribution in [3.63, 3.8) is 0 Å². The highest BCUT2D eigenvalue weighted by molar-refractivity contribution is 7.89. The largest absolute Gasteiger partial charge is 0.383 e. The van der Waals surface area contributed by atoms with Crippen LogP contribution in [0.5, 0.6) is 0 Å². The van der Waals surface area contributed by atoms with Crippen LogP contribution >= 0.6 is 11.3 Å². The third-order valence-corrected chi connectivity index (χ3v) is 9.78. The lowest BCUT2D eigenvalue weighted by Gasteiger charge is -2.34. The van der Waals surface area contributed by atoms with Gasteiger partial charge < -0.3 is 9.30 Å². The predicted molar refractivity (Wildman–Crippen MR) is 139 cm³/mol. The number of nitrogens with zero attached hydrogens (tertiary/aromatic N) is 3. The summed E-state index contributed by atoms with van der Waals surface area (Å²) in [5.74, 6) is -0.398. The van der Waals surface area contributed by atoms with Crippen molar-refractivity contribution in [3.8, 4) is 0 Å². The maximum Gasteiger partial charge on any atom is 0.279 e. The second-order valence-corrected chi connectivity index (χ2v) is 11.9. The number of carbonyl (C=O) groups excluding carboxylic acids is 1. The van der Waals surface area contributed by atoms with Gasteiger partial charge in [-0.25, -0.2) is 8.42 Å². The highest BCUT2D eigenvalue weighted by Gasteiger charge is 2.32. The van der Waals surface area contributed by atoms with Gasteiger partial charge in [-0.3, -0.25) is 4.79 Å². The molecule has 1 aliphatic heterocycles. The van der Waals surface area contributed by atoms with Gasteiger partial charge in [-0.1, -0.05) is 30.7 Å². The molecule has 4 rings (SSSR count). The maximum absolute atomic E-state index is 13.2. The molecule has 35 heavy (non-hydrogen) atoms. The number of sulfonamides is 1. The lowest BCUT2D eigenvalue weighted by molar-refractivity contribution is 0.0997. The SMILES string of the molecule is CCC1CCCCN1S(=O)(=O)c1ccc(C(=O)N=c2sc3c(C)cc(C)cc3n2CCOC)cc1. The number of hydrogen-bond donors (Lipinski definition) is 0. The quantitative estimate of drug-likeness (QED) is 0.458. The van der Waals surface area contributed by atoms with E-state index in [1.54, 1.807) is 23.5 Å². The molecule has 0 saturated carbocycles. The number of thiazole rings is 1. The summed E-state index contributed by atoms with van der Waals surface area (Å²) >= 11 is 1.48. The van der Waals surface area contributed by atoms with E-state index in [-0.39, 0.29) is 10.9 Å². The van der Waals surface area contributed by atoms with E-state index in [1.807, 2.05) is 11.5 Å². The first kappa shape index (κ1) is 25.8. The van der Waals surface area contributed by atoms with Crippen molar-refractivity contribution in [1.82, 2.24) is 8.87 Å². The number of methoxy groups -OCH3 is 1. The van der Waals surface area contributed by atoms with E-state index in [0.29, 0.717) is 30.1 Å². The Hall–Kier alpha value is -2.33. The molecule has 1 saturated heterocycles. The van der Waals surface area contributed by atoms with Crippen LogP contribution in [0.15, 0.2) is 46.3 Å². The van der Waals surface area contributed by atoms with Gasteiger partial charge in [-0.15, -0.1) is 0 Å². The van der Waals surface area contributed by atoms with Gasteiger partial charge in [0.05, 0.1) is 21.7 Å². The number of hydrogen-bond acceptors (Lipinski definition) is 5. The average molecular weight is 516 g/mol. The molecule has 1 aromatic heterocycles. The van der Waals surface area contributed by atoms with Crippen molar-refractivity contribution in [2.45, 2.75) is 63.9 Å². The summed E-state index contributed by atoms with van der Waals surface area (Å²) < 4.78 is 36.5. The summed E-state index contributed by atoms with van der Waals surface area (Å²) in [4.78, 5) is 18.3. The molecule has 2 heterocycles. The van der Waals surface area contributed by atoms with Crippen LogP contribution in [-0.2, 0) is 21.3 Å². The van der Waals surface area contributed by atoms with Crippen molar-refractivity contribution in [2.75, 3.05) is 20.3 Å². The lowest BCUT2D eigenvalue weighted by Crippen LogP contribution is -2.43. The van der Waals surface area contributed by atoms with E-state index in [9.17, 15) is 13.2 Å². The predicted octanol–water partition coefficient (Wildman–Crippen LogP) is 4.66. The Morgan fingerprint density at radius 1 is 1.17 bits per heavy atom. The summed E-state index contributed by atoms with van der Waals surface area (Å²) in [5, 5.41) is 0. The van der Waals surface area contributed by atoms with Gasteiger partial charge in [-0.2, -0.15) is 9.30 Å². The van der Waals surface area contributed by atoms with Crippen molar-refractivity contribution >= 4 is 37.5 Å². The van der Waals surface area contributed by atoms with Gasteiger partial charge in [0.2, 0.25) is 10.0 Å². The number of carbonyl (C=O) groups is 1. The molecule has 0 spiro atoms. The highest BCUT2D eigenvalue weighted by atomic mass is 32.2. The number of benzene rings is 2. The van der Waals surface area contributed by atoms with Crippen LogP contribution < -0.4 is 4.80 Å². The number of fused-ring (bicyclic) bond motifs is 1. The first-order valence-electron chi connectivity index (χ1n) is 12.1. The van der Waals surface area contributed by atoms with Crippen molar-refractivity contribution in [2.24, 2.45) is 4.99 Å². The number of piperidine rings is 1. The Bertz CT molecular complexity index is 1390. The van der Waals surface area contributed by atoms with Crippen LogP contribution in [0.4, 0.5) is 0 Å². The molecule has 2 aromatic carbocycles. The molecule has 7 nitrogen and oxygen atoms in total. The first-order chi connectivity index (χ1) is 16.8. The Morgan fingerprint density at radius 3 is 2.60 bits per heavy atom. The third kappa shape index (κ3) is 5.28. The topological polar surface area (TPSA) is 81.0 Å². The van der Waals surface area contributed by atoms with Gasteiger partial charge in [0.15, 0.2) is 4.80 Å². The van der Waals surface area contributed by atoms with Crippen LogP contribution in [-0.4, -0.2) is 49.5 Å². The molecule has 0 radical (unpaired) electrons. The average Bonchev–Trinajstić information content (AvgIpc) is 3.19. The monoisotopic (exact) mass is 515 g/mol.